The number of pyridine rings is 1. The first-order valence-electron chi connectivity index (χ1n) is 8.42. The number of hydrogen-bond donors (Lipinski definition) is 1. The SMILES string of the molecule is O=C(COc1ccc(N2CCCC2=O)cc1)NCCc1ccccn1. The predicted octanol–water partition coefficient (Wildman–Crippen LogP) is 1.95. The fourth-order valence-electron chi connectivity index (χ4n) is 2.72. The number of hydrogen-bond acceptors (Lipinski definition) is 4. The molecule has 0 radical (unpaired) electrons. The summed E-state index contributed by atoms with van der Waals surface area (Å²) in [6.45, 7) is 1.25. The molecule has 2 heterocycles. The maximum absolute atomic E-state index is 11.8. The van der Waals surface area contributed by atoms with Crippen LogP contribution in [0, 0.1) is 0 Å². The number of carbonyl (C=O) groups excluding carboxylic acids is 2. The number of rotatable bonds is 7. The number of nitrogens with one attached hydrogen (secondary N) is 1. The van der Waals surface area contributed by atoms with Crippen LogP contribution in [0.15, 0.2) is 48.7 Å². The number of ether oxygens (including phenoxy) is 1. The van der Waals surface area contributed by atoms with Crippen LogP contribution in [0.25, 0.3) is 0 Å². The largest absolute Gasteiger partial charge is 0.484 e. The van der Waals surface area contributed by atoms with Gasteiger partial charge in [0.15, 0.2) is 6.61 Å². The van der Waals surface area contributed by atoms with E-state index in [0.29, 0.717) is 25.1 Å². The zero-order valence-electron chi connectivity index (χ0n) is 14.0. The first-order chi connectivity index (χ1) is 12.2. The highest BCUT2D eigenvalue weighted by molar-refractivity contribution is 5.95. The Labute approximate surface area is 146 Å². The summed E-state index contributed by atoms with van der Waals surface area (Å²) in [4.78, 5) is 29.5. The Morgan fingerprint density at radius 3 is 2.72 bits per heavy atom. The molecule has 2 aromatic rings. The van der Waals surface area contributed by atoms with Gasteiger partial charge in [-0.2, -0.15) is 0 Å². The lowest BCUT2D eigenvalue weighted by atomic mass is 10.2. The zero-order chi connectivity index (χ0) is 17.5. The van der Waals surface area contributed by atoms with Gasteiger partial charge in [-0.3, -0.25) is 14.6 Å². The Balaban J connectivity index is 1.40. The fourth-order valence-corrected chi connectivity index (χ4v) is 2.72. The summed E-state index contributed by atoms with van der Waals surface area (Å²) in [6.07, 6.45) is 3.93. The molecule has 1 N–H and O–H groups in total. The van der Waals surface area contributed by atoms with Crippen LogP contribution in [0.3, 0.4) is 0 Å². The minimum atomic E-state index is -0.172. The Hall–Kier alpha value is -2.89. The average Bonchev–Trinajstić information content (AvgIpc) is 3.07. The summed E-state index contributed by atoms with van der Waals surface area (Å²) in [6, 6.07) is 13.0. The molecule has 1 saturated heterocycles. The molecule has 0 atom stereocenters. The Morgan fingerprint density at radius 1 is 1.20 bits per heavy atom. The van der Waals surface area contributed by atoms with Crippen LogP contribution in [-0.4, -0.2) is 36.5 Å². The van der Waals surface area contributed by atoms with Crippen molar-refractivity contribution in [1.29, 1.82) is 0 Å². The molecule has 130 valence electrons. The molecule has 6 nitrogen and oxygen atoms in total. The molecule has 3 rings (SSSR count). The van der Waals surface area contributed by atoms with E-state index in [1.807, 2.05) is 30.3 Å². The van der Waals surface area contributed by atoms with Crippen molar-refractivity contribution in [3.63, 3.8) is 0 Å². The standard InChI is InChI=1S/C19H21N3O3/c23-18(21-12-10-15-4-1-2-11-20-15)14-25-17-8-6-16(7-9-17)22-13-3-5-19(22)24/h1-2,4,6-9,11H,3,5,10,12-14H2,(H,21,23). The van der Waals surface area contributed by atoms with Crippen molar-refractivity contribution in [2.45, 2.75) is 19.3 Å². The van der Waals surface area contributed by atoms with E-state index in [9.17, 15) is 9.59 Å². The molecule has 0 spiro atoms. The monoisotopic (exact) mass is 339 g/mol. The lowest BCUT2D eigenvalue weighted by Gasteiger charge is -2.16. The normalized spacial score (nSPS) is 13.8. The quantitative estimate of drug-likeness (QED) is 0.837. The van der Waals surface area contributed by atoms with Gasteiger partial charge < -0.3 is 15.0 Å². The number of aromatic nitrogens is 1. The first-order valence-corrected chi connectivity index (χ1v) is 8.42. The molecule has 1 aliphatic rings. The van der Waals surface area contributed by atoms with Gasteiger partial charge in [-0.05, 0) is 42.8 Å². The number of anilines is 1. The first kappa shape index (κ1) is 17.0. The van der Waals surface area contributed by atoms with Crippen molar-refractivity contribution in [2.75, 3.05) is 24.6 Å². The Bertz CT molecular complexity index is 716. The van der Waals surface area contributed by atoms with E-state index in [1.54, 1.807) is 23.2 Å². The van der Waals surface area contributed by atoms with E-state index in [1.165, 1.54) is 0 Å². The number of nitrogens with zero attached hydrogens (tertiary/aromatic N) is 2. The van der Waals surface area contributed by atoms with Crippen LogP contribution in [-0.2, 0) is 16.0 Å². The highest BCUT2D eigenvalue weighted by atomic mass is 16.5. The van der Waals surface area contributed by atoms with Crippen LogP contribution in [0.2, 0.25) is 0 Å². The molecule has 0 saturated carbocycles. The second kappa shape index (κ2) is 8.28. The summed E-state index contributed by atoms with van der Waals surface area (Å²) in [5, 5.41) is 2.81. The van der Waals surface area contributed by atoms with Crippen molar-refractivity contribution in [1.82, 2.24) is 10.3 Å². The Morgan fingerprint density at radius 2 is 2.04 bits per heavy atom. The van der Waals surface area contributed by atoms with E-state index < -0.39 is 0 Å². The maximum atomic E-state index is 11.8. The minimum Gasteiger partial charge on any atom is -0.484 e. The molecular weight excluding hydrogens is 318 g/mol. The molecule has 1 aromatic carbocycles. The van der Waals surface area contributed by atoms with Crippen LogP contribution < -0.4 is 15.0 Å². The van der Waals surface area contributed by atoms with Crippen LogP contribution >= 0.6 is 0 Å². The van der Waals surface area contributed by atoms with Crippen LogP contribution in [0.1, 0.15) is 18.5 Å². The van der Waals surface area contributed by atoms with Crippen molar-refractivity contribution in [3.8, 4) is 5.75 Å². The lowest BCUT2D eigenvalue weighted by Crippen LogP contribution is -2.30. The fraction of sp³-hybridized carbons (Fsp3) is 0.316. The zero-order valence-corrected chi connectivity index (χ0v) is 14.0. The van der Waals surface area contributed by atoms with Crippen molar-refractivity contribution < 1.29 is 14.3 Å². The summed E-state index contributed by atoms with van der Waals surface area (Å²) < 4.78 is 5.48. The average molecular weight is 339 g/mol. The highest BCUT2D eigenvalue weighted by Gasteiger charge is 2.21. The molecule has 2 amide bonds. The minimum absolute atomic E-state index is 0.0375. The van der Waals surface area contributed by atoms with Crippen molar-refractivity contribution >= 4 is 17.5 Å². The summed E-state index contributed by atoms with van der Waals surface area (Å²) in [5.74, 6) is 0.589. The Kier molecular flexibility index (Phi) is 5.61. The molecule has 1 aromatic heterocycles. The third-order valence-electron chi connectivity index (χ3n) is 4.02. The summed E-state index contributed by atoms with van der Waals surface area (Å²) in [7, 11) is 0. The topological polar surface area (TPSA) is 71.5 Å². The van der Waals surface area contributed by atoms with Gasteiger partial charge in [-0.25, -0.2) is 0 Å². The van der Waals surface area contributed by atoms with E-state index in [2.05, 4.69) is 10.3 Å². The van der Waals surface area contributed by atoms with Gasteiger partial charge in [0.1, 0.15) is 5.75 Å². The van der Waals surface area contributed by atoms with E-state index in [4.69, 9.17) is 4.74 Å². The van der Waals surface area contributed by atoms with Gasteiger partial charge in [0.05, 0.1) is 0 Å². The van der Waals surface area contributed by atoms with E-state index >= 15 is 0 Å². The molecule has 1 aliphatic heterocycles. The molecule has 0 bridgehead atoms. The lowest BCUT2D eigenvalue weighted by molar-refractivity contribution is -0.123. The van der Waals surface area contributed by atoms with Gasteiger partial charge in [-0.1, -0.05) is 6.07 Å². The van der Waals surface area contributed by atoms with Crippen molar-refractivity contribution in [2.24, 2.45) is 0 Å². The van der Waals surface area contributed by atoms with Gasteiger partial charge in [0, 0.05) is 43.5 Å². The molecule has 0 unspecified atom stereocenters. The molecular formula is C19H21N3O3. The molecule has 6 heteroatoms. The van der Waals surface area contributed by atoms with Crippen molar-refractivity contribution in [3.05, 3.63) is 54.4 Å². The smallest absolute Gasteiger partial charge is 0.257 e. The van der Waals surface area contributed by atoms with Gasteiger partial charge in [0.25, 0.3) is 5.91 Å². The molecule has 25 heavy (non-hydrogen) atoms. The van der Waals surface area contributed by atoms with Crippen LogP contribution in [0.5, 0.6) is 5.75 Å². The number of carbonyl (C=O) groups is 2. The van der Waals surface area contributed by atoms with E-state index in [-0.39, 0.29) is 18.4 Å². The van der Waals surface area contributed by atoms with Crippen LogP contribution in [0.4, 0.5) is 5.69 Å². The molecule has 1 fully saturated rings. The van der Waals surface area contributed by atoms with Gasteiger partial charge >= 0.3 is 0 Å². The van der Waals surface area contributed by atoms with E-state index in [0.717, 1.165) is 24.3 Å². The molecule has 0 aliphatic carbocycles. The summed E-state index contributed by atoms with van der Waals surface area (Å²) in [5.41, 5.74) is 1.81. The second-order valence-corrected chi connectivity index (χ2v) is 5.85. The third kappa shape index (κ3) is 4.79. The summed E-state index contributed by atoms with van der Waals surface area (Å²) >= 11 is 0. The van der Waals surface area contributed by atoms with Gasteiger partial charge in [-0.15, -0.1) is 0 Å². The number of amides is 2. The predicted molar refractivity (Wildman–Crippen MR) is 94.5 cm³/mol. The van der Waals surface area contributed by atoms with Gasteiger partial charge in [0.2, 0.25) is 5.91 Å². The number of benzene rings is 1. The second-order valence-electron chi connectivity index (χ2n) is 5.85. The maximum Gasteiger partial charge on any atom is 0.257 e. The highest BCUT2D eigenvalue weighted by Crippen LogP contribution is 2.23. The third-order valence-corrected chi connectivity index (χ3v) is 4.02.